The van der Waals surface area contributed by atoms with Crippen LogP contribution in [-0.2, 0) is 23.8 Å². The number of ether oxygens (including phenoxy) is 3. The highest BCUT2D eigenvalue weighted by molar-refractivity contribution is 6.23. The van der Waals surface area contributed by atoms with Gasteiger partial charge in [-0.2, -0.15) is 0 Å². The molecule has 4 atom stereocenters. The molecule has 122 valence electrons. The number of methoxy groups -OCH3 is 2. The van der Waals surface area contributed by atoms with Gasteiger partial charge in [0, 0.05) is 35.7 Å². The first-order valence-corrected chi connectivity index (χ1v) is 7.97. The summed E-state index contributed by atoms with van der Waals surface area (Å²) in [5.74, 6) is -0.0451. The molecular weight excluding hydrogens is 296 g/mol. The molecule has 0 aromatic rings. The zero-order valence-electron chi connectivity index (χ0n) is 13.5. The SMILES string of the molecule is COC1=CC(=O)C2=C(C[C@]3(C)C(=C2)[C@H]2CC[C@@H]3O[C@H]2OC)C1=O. The molecule has 0 unspecified atom stereocenters. The molecule has 2 heterocycles. The van der Waals surface area contributed by atoms with Gasteiger partial charge in [-0.15, -0.1) is 0 Å². The Labute approximate surface area is 135 Å². The average molecular weight is 316 g/mol. The van der Waals surface area contributed by atoms with Gasteiger partial charge in [-0.3, -0.25) is 9.59 Å². The lowest BCUT2D eigenvalue weighted by Gasteiger charge is -2.56. The largest absolute Gasteiger partial charge is 0.493 e. The van der Waals surface area contributed by atoms with Crippen LogP contribution in [0.25, 0.3) is 0 Å². The van der Waals surface area contributed by atoms with Crippen LogP contribution in [0.15, 0.2) is 34.6 Å². The van der Waals surface area contributed by atoms with E-state index in [1.165, 1.54) is 18.8 Å². The molecule has 0 radical (unpaired) electrons. The summed E-state index contributed by atoms with van der Waals surface area (Å²) in [7, 11) is 3.07. The van der Waals surface area contributed by atoms with Crippen molar-refractivity contribution in [3.8, 4) is 0 Å². The van der Waals surface area contributed by atoms with Crippen LogP contribution in [0.5, 0.6) is 0 Å². The van der Waals surface area contributed by atoms with Gasteiger partial charge in [0.2, 0.25) is 5.78 Å². The van der Waals surface area contributed by atoms with Gasteiger partial charge in [0.25, 0.3) is 0 Å². The third kappa shape index (κ3) is 1.86. The van der Waals surface area contributed by atoms with Crippen molar-refractivity contribution in [2.24, 2.45) is 11.3 Å². The Morgan fingerprint density at radius 2 is 2.00 bits per heavy atom. The van der Waals surface area contributed by atoms with Crippen molar-refractivity contribution in [1.29, 1.82) is 0 Å². The number of rotatable bonds is 2. The molecule has 2 saturated heterocycles. The quantitative estimate of drug-likeness (QED) is 0.730. The number of hydrogen-bond donors (Lipinski definition) is 0. The van der Waals surface area contributed by atoms with Crippen molar-refractivity contribution in [2.75, 3.05) is 14.2 Å². The fourth-order valence-electron chi connectivity index (χ4n) is 4.57. The summed E-state index contributed by atoms with van der Waals surface area (Å²) >= 11 is 0. The van der Waals surface area contributed by atoms with Crippen LogP contribution in [0.3, 0.4) is 0 Å². The molecule has 0 aromatic carbocycles. The zero-order chi connectivity index (χ0) is 16.4. The molecule has 0 aromatic heterocycles. The number of carbonyl (C=O) groups is 2. The van der Waals surface area contributed by atoms with Crippen LogP contribution in [0.4, 0.5) is 0 Å². The summed E-state index contributed by atoms with van der Waals surface area (Å²) in [6, 6.07) is 0. The second-order valence-corrected chi connectivity index (χ2v) is 6.90. The van der Waals surface area contributed by atoms with E-state index < -0.39 is 0 Å². The number of allylic oxidation sites excluding steroid dienone is 4. The van der Waals surface area contributed by atoms with Crippen LogP contribution in [0.2, 0.25) is 0 Å². The van der Waals surface area contributed by atoms with E-state index in [-0.39, 0.29) is 41.1 Å². The summed E-state index contributed by atoms with van der Waals surface area (Å²) in [4.78, 5) is 25.0. The van der Waals surface area contributed by atoms with Gasteiger partial charge in [-0.05, 0) is 19.3 Å². The highest BCUT2D eigenvalue weighted by Gasteiger charge is 2.56. The fraction of sp³-hybridized carbons (Fsp3) is 0.556. The first-order valence-electron chi connectivity index (χ1n) is 7.97. The van der Waals surface area contributed by atoms with Gasteiger partial charge in [-0.25, -0.2) is 0 Å². The van der Waals surface area contributed by atoms with Gasteiger partial charge < -0.3 is 14.2 Å². The van der Waals surface area contributed by atoms with Crippen LogP contribution in [0, 0.1) is 11.3 Å². The monoisotopic (exact) mass is 316 g/mol. The number of carbonyl (C=O) groups excluding carboxylic acids is 2. The molecular formula is C18H20O5. The molecule has 5 heteroatoms. The lowest BCUT2D eigenvalue weighted by atomic mass is 9.57. The third-order valence-corrected chi connectivity index (χ3v) is 5.78. The maximum atomic E-state index is 12.6. The number of Topliss-reactive ketones (excluding diaryl/α,β-unsaturated/α-hetero) is 1. The predicted molar refractivity (Wildman–Crippen MR) is 81.3 cm³/mol. The van der Waals surface area contributed by atoms with Gasteiger partial charge in [0.05, 0.1) is 13.2 Å². The highest BCUT2D eigenvalue weighted by Crippen LogP contribution is 2.57. The Balaban J connectivity index is 1.82. The van der Waals surface area contributed by atoms with Gasteiger partial charge in [0.15, 0.2) is 17.8 Å². The minimum Gasteiger partial charge on any atom is -0.493 e. The second-order valence-electron chi connectivity index (χ2n) is 6.90. The maximum Gasteiger partial charge on any atom is 0.224 e. The Hall–Kier alpha value is -1.72. The van der Waals surface area contributed by atoms with E-state index >= 15 is 0 Å². The van der Waals surface area contributed by atoms with E-state index in [1.807, 2.05) is 6.08 Å². The summed E-state index contributed by atoms with van der Waals surface area (Å²) in [5.41, 5.74) is 2.03. The third-order valence-electron chi connectivity index (χ3n) is 5.78. The van der Waals surface area contributed by atoms with Crippen molar-refractivity contribution in [1.82, 2.24) is 0 Å². The maximum absolute atomic E-state index is 12.6. The van der Waals surface area contributed by atoms with E-state index in [9.17, 15) is 9.59 Å². The van der Waals surface area contributed by atoms with E-state index in [1.54, 1.807) is 7.11 Å². The molecule has 3 aliphatic carbocycles. The van der Waals surface area contributed by atoms with Crippen LogP contribution in [0.1, 0.15) is 26.2 Å². The highest BCUT2D eigenvalue weighted by atomic mass is 16.7. The first kappa shape index (κ1) is 14.8. The molecule has 0 amide bonds. The molecule has 5 nitrogen and oxygen atoms in total. The summed E-state index contributed by atoms with van der Waals surface area (Å²) in [5, 5.41) is 0. The first-order chi connectivity index (χ1) is 11.0. The normalized spacial score (nSPS) is 38.8. The zero-order valence-corrected chi connectivity index (χ0v) is 13.5. The van der Waals surface area contributed by atoms with E-state index in [4.69, 9.17) is 14.2 Å². The van der Waals surface area contributed by atoms with Gasteiger partial charge in [0.1, 0.15) is 0 Å². The number of hydrogen-bond acceptors (Lipinski definition) is 5. The topological polar surface area (TPSA) is 61.8 Å². The lowest BCUT2D eigenvalue weighted by Crippen LogP contribution is -2.55. The van der Waals surface area contributed by atoms with Crippen molar-refractivity contribution < 1.29 is 23.8 Å². The van der Waals surface area contributed by atoms with Crippen molar-refractivity contribution in [3.63, 3.8) is 0 Å². The van der Waals surface area contributed by atoms with E-state index in [0.29, 0.717) is 17.6 Å². The Morgan fingerprint density at radius 1 is 1.22 bits per heavy atom. The van der Waals surface area contributed by atoms with Crippen LogP contribution in [-0.4, -0.2) is 38.2 Å². The standard InChI is InChI=1S/C18H20O5/c1-18-8-11-10(13(19)7-14(21-2)16(11)20)6-12(18)9-4-5-15(18)23-17(9)22-3/h6-7,9,15,17H,4-5,8H2,1-3H3/t9-,15+,17-,18-/m1/s1. The Morgan fingerprint density at radius 3 is 2.70 bits per heavy atom. The Kier molecular flexibility index (Phi) is 3.15. The Bertz CT molecular complexity index is 698. The molecule has 0 spiro atoms. The van der Waals surface area contributed by atoms with Crippen LogP contribution < -0.4 is 0 Å². The smallest absolute Gasteiger partial charge is 0.224 e. The summed E-state index contributed by atoms with van der Waals surface area (Å²) in [6.45, 7) is 2.13. The molecule has 3 fully saturated rings. The molecule has 5 rings (SSSR count). The minimum absolute atomic E-state index is 0.0116. The number of fused-ring (bicyclic) bond motifs is 2. The van der Waals surface area contributed by atoms with Crippen molar-refractivity contribution >= 4 is 11.6 Å². The van der Waals surface area contributed by atoms with Gasteiger partial charge in [-0.1, -0.05) is 18.6 Å². The van der Waals surface area contributed by atoms with Crippen molar-refractivity contribution in [3.05, 3.63) is 34.6 Å². The van der Waals surface area contributed by atoms with E-state index in [0.717, 1.165) is 12.8 Å². The number of ketones is 2. The molecule has 2 bridgehead atoms. The average Bonchev–Trinajstić information content (AvgIpc) is 2.57. The fourth-order valence-corrected chi connectivity index (χ4v) is 4.57. The summed E-state index contributed by atoms with van der Waals surface area (Å²) in [6.07, 6.45) is 5.45. The predicted octanol–water partition coefficient (Wildman–Crippen LogP) is 2.08. The molecule has 5 aliphatic rings. The second kappa shape index (κ2) is 4.89. The minimum atomic E-state index is -0.255. The molecule has 1 saturated carbocycles. The molecule has 0 N–H and O–H groups in total. The van der Waals surface area contributed by atoms with Crippen molar-refractivity contribution in [2.45, 2.75) is 38.6 Å². The lowest BCUT2D eigenvalue weighted by molar-refractivity contribution is -0.251. The molecule has 2 aliphatic heterocycles. The van der Waals surface area contributed by atoms with Gasteiger partial charge >= 0.3 is 0 Å². The van der Waals surface area contributed by atoms with E-state index in [2.05, 4.69) is 6.92 Å². The molecule has 23 heavy (non-hydrogen) atoms. The summed E-state index contributed by atoms with van der Waals surface area (Å²) < 4.78 is 16.6. The van der Waals surface area contributed by atoms with Crippen LogP contribution >= 0.6 is 0 Å².